The summed E-state index contributed by atoms with van der Waals surface area (Å²) < 4.78 is 4.91. The number of thioether (sulfide) groups is 1. The van der Waals surface area contributed by atoms with Gasteiger partial charge in [0.05, 0.1) is 17.7 Å². The lowest BCUT2D eigenvalue weighted by Gasteiger charge is -2.33. The molecule has 2 aromatic heterocycles. The Morgan fingerprint density at radius 2 is 2.20 bits per heavy atom. The van der Waals surface area contributed by atoms with Gasteiger partial charge in [-0.05, 0) is 43.1 Å². The summed E-state index contributed by atoms with van der Waals surface area (Å²) in [5.41, 5.74) is 1.35. The molecule has 0 radical (unpaired) electrons. The van der Waals surface area contributed by atoms with E-state index in [1.54, 1.807) is 18.3 Å². The molecule has 2 heterocycles. The van der Waals surface area contributed by atoms with Crippen molar-refractivity contribution >= 4 is 39.3 Å². The minimum atomic E-state index is -0.297. The van der Waals surface area contributed by atoms with Gasteiger partial charge in [0.2, 0.25) is 0 Å². The maximum Gasteiger partial charge on any atom is 0.316 e. The van der Waals surface area contributed by atoms with E-state index in [0.29, 0.717) is 17.7 Å². The second-order valence-electron chi connectivity index (χ2n) is 7.45. The number of rotatable bonds is 4. The molecular formula is C18H24N2O3S2. The van der Waals surface area contributed by atoms with E-state index in [1.807, 2.05) is 0 Å². The molecule has 1 unspecified atom stereocenters. The summed E-state index contributed by atoms with van der Waals surface area (Å²) in [4.78, 5) is 33.5. The molecule has 0 amide bonds. The van der Waals surface area contributed by atoms with Crippen LogP contribution >= 0.6 is 23.1 Å². The molecular weight excluding hydrogens is 356 g/mol. The van der Waals surface area contributed by atoms with Gasteiger partial charge in [-0.15, -0.1) is 11.3 Å². The molecule has 0 saturated heterocycles. The van der Waals surface area contributed by atoms with Crippen LogP contribution in [0.1, 0.15) is 44.6 Å². The highest BCUT2D eigenvalue weighted by Gasteiger charge is 2.31. The zero-order valence-electron chi connectivity index (χ0n) is 15.1. The second kappa shape index (κ2) is 7.11. The lowest BCUT2D eigenvalue weighted by molar-refractivity contribution is -0.139. The fraction of sp³-hybridized carbons (Fsp3) is 0.611. The quantitative estimate of drug-likeness (QED) is 0.496. The summed E-state index contributed by atoms with van der Waals surface area (Å²) in [6, 6.07) is 0. The number of aromatic amines is 1. The first-order valence-electron chi connectivity index (χ1n) is 8.62. The van der Waals surface area contributed by atoms with Crippen LogP contribution in [0.3, 0.4) is 0 Å². The van der Waals surface area contributed by atoms with Crippen molar-refractivity contribution in [2.24, 2.45) is 11.3 Å². The van der Waals surface area contributed by atoms with Crippen LogP contribution in [0.4, 0.5) is 0 Å². The molecule has 0 saturated carbocycles. The number of aromatic nitrogens is 2. The van der Waals surface area contributed by atoms with Crippen molar-refractivity contribution in [3.05, 3.63) is 20.8 Å². The van der Waals surface area contributed by atoms with Crippen LogP contribution in [-0.2, 0) is 22.4 Å². The van der Waals surface area contributed by atoms with E-state index in [2.05, 4.69) is 30.7 Å². The molecule has 7 heteroatoms. The topological polar surface area (TPSA) is 72.0 Å². The van der Waals surface area contributed by atoms with Gasteiger partial charge < -0.3 is 9.72 Å². The number of aryl methyl sites for hydroxylation is 1. The van der Waals surface area contributed by atoms with Crippen LogP contribution in [-0.4, -0.2) is 28.3 Å². The summed E-state index contributed by atoms with van der Waals surface area (Å²) in [7, 11) is 0. The number of ether oxygens (including phenoxy) is 1. The monoisotopic (exact) mass is 380 g/mol. The van der Waals surface area contributed by atoms with Gasteiger partial charge in [-0.1, -0.05) is 32.5 Å². The molecule has 25 heavy (non-hydrogen) atoms. The molecule has 136 valence electrons. The Morgan fingerprint density at radius 3 is 2.88 bits per heavy atom. The first-order chi connectivity index (χ1) is 11.8. The SMILES string of the molecule is CCOC(=O)CSc1nc2sc3c(c2c(=O)[nH]1)CCC(C(C)(C)C)C3. The zero-order valence-corrected chi connectivity index (χ0v) is 16.7. The molecule has 1 aliphatic carbocycles. The van der Waals surface area contributed by atoms with Crippen LogP contribution in [0.2, 0.25) is 0 Å². The van der Waals surface area contributed by atoms with E-state index < -0.39 is 0 Å². The maximum atomic E-state index is 12.6. The number of thiophene rings is 1. The van der Waals surface area contributed by atoms with Gasteiger partial charge in [0, 0.05) is 4.88 Å². The lowest BCUT2D eigenvalue weighted by atomic mass is 9.72. The molecule has 0 bridgehead atoms. The van der Waals surface area contributed by atoms with E-state index in [1.165, 1.54) is 22.2 Å². The average molecular weight is 381 g/mol. The molecule has 0 aromatic carbocycles. The highest BCUT2D eigenvalue weighted by Crippen LogP contribution is 2.42. The van der Waals surface area contributed by atoms with Crippen LogP contribution in [0.5, 0.6) is 0 Å². The molecule has 3 rings (SSSR count). The Kier molecular flexibility index (Phi) is 5.25. The van der Waals surface area contributed by atoms with Crippen molar-refractivity contribution < 1.29 is 9.53 Å². The average Bonchev–Trinajstić information content (AvgIpc) is 2.90. The molecule has 0 aliphatic heterocycles. The van der Waals surface area contributed by atoms with Gasteiger partial charge in [0.1, 0.15) is 4.83 Å². The Morgan fingerprint density at radius 1 is 1.44 bits per heavy atom. The highest BCUT2D eigenvalue weighted by molar-refractivity contribution is 7.99. The summed E-state index contributed by atoms with van der Waals surface area (Å²) in [6.07, 6.45) is 3.07. The number of hydrogen-bond donors (Lipinski definition) is 1. The minimum Gasteiger partial charge on any atom is -0.465 e. The minimum absolute atomic E-state index is 0.0944. The Labute approximate surface area is 155 Å². The van der Waals surface area contributed by atoms with E-state index in [9.17, 15) is 9.59 Å². The van der Waals surface area contributed by atoms with Crippen LogP contribution in [0.25, 0.3) is 10.2 Å². The predicted octanol–water partition coefficient (Wildman–Crippen LogP) is 3.79. The third kappa shape index (κ3) is 3.92. The van der Waals surface area contributed by atoms with Crippen molar-refractivity contribution in [2.45, 2.75) is 52.1 Å². The zero-order chi connectivity index (χ0) is 18.2. The van der Waals surface area contributed by atoms with E-state index in [4.69, 9.17) is 4.74 Å². The van der Waals surface area contributed by atoms with Crippen molar-refractivity contribution in [1.29, 1.82) is 0 Å². The largest absolute Gasteiger partial charge is 0.465 e. The number of nitrogens with one attached hydrogen (secondary N) is 1. The summed E-state index contributed by atoms with van der Waals surface area (Å²) in [5.74, 6) is 0.484. The lowest BCUT2D eigenvalue weighted by Crippen LogP contribution is -2.26. The van der Waals surface area contributed by atoms with Crippen LogP contribution in [0, 0.1) is 11.3 Å². The van der Waals surface area contributed by atoms with Crippen LogP contribution in [0.15, 0.2) is 9.95 Å². The van der Waals surface area contributed by atoms with Gasteiger partial charge in [0.15, 0.2) is 5.16 Å². The van der Waals surface area contributed by atoms with Gasteiger partial charge >= 0.3 is 5.97 Å². The molecule has 0 spiro atoms. The Bertz CT molecular complexity index is 848. The maximum absolute atomic E-state index is 12.6. The number of nitrogens with zero attached hydrogens (tertiary/aromatic N) is 1. The third-order valence-electron chi connectivity index (χ3n) is 4.75. The van der Waals surface area contributed by atoms with E-state index in [0.717, 1.165) is 29.5 Å². The van der Waals surface area contributed by atoms with Crippen LogP contribution < -0.4 is 5.56 Å². The number of esters is 1. The fourth-order valence-electron chi connectivity index (χ4n) is 3.30. The Hall–Kier alpha value is -1.34. The number of hydrogen-bond acceptors (Lipinski definition) is 6. The fourth-order valence-corrected chi connectivity index (χ4v) is 5.32. The molecule has 1 aliphatic rings. The van der Waals surface area contributed by atoms with Gasteiger partial charge in [0.25, 0.3) is 5.56 Å². The van der Waals surface area contributed by atoms with E-state index in [-0.39, 0.29) is 22.7 Å². The number of carbonyl (C=O) groups excluding carboxylic acids is 1. The molecule has 1 N–H and O–H groups in total. The van der Waals surface area contributed by atoms with Crippen molar-refractivity contribution in [2.75, 3.05) is 12.4 Å². The van der Waals surface area contributed by atoms with Crippen molar-refractivity contribution in [1.82, 2.24) is 9.97 Å². The number of H-pyrrole nitrogens is 1. The summed E-state index contributed by atoms with van der Waals surface area (Å²) in [5, 5.41) is 1.23. The van der Waals surface area contributed by atoms with Gasteiger partial charge in [-0.3, -0.25) is 9.59 Å². The standard InChI is InChI=1S/C18H24N2O3S2/c1-5-23-13(21)9-24-17-19-15(22)14-11-7-6-10(18(2,3)4)8-12(11)25-16(14)20-17/h10H,5-9H2,1-4H3,(H,19,20,22). The second-order valence-corrected chi connectivity index (χ2v) is 9.50. The molecule has 5 nitrogen and oxygen atoms in total. The number of fused-ring (bicyclic) bond motifs is 3. The molecule has 1 atom stereocenters. The van der Waals surface area contributed by atoms with E-state index >= 15 is 0 Å². The predicted molar refractivity (Wildman–Crippen MR) is 103 cm³/mol. The highest BCUT2D eigenvalue weighted by atomic mass is 32.2. The van der Waals surface area contributed by atoms with Crippen molar-refractivity contribution in [3.63, 3.8) is 0 Å². The molecule has 0 fully saturated rings. The number of carbonyl (C=O) groups is 1. The summed E-state index contributed by atoms with van der Waals surface area (Å²) in [6.45, 7) is 8.98. The first-order valence-corrected chi connectivity index (χ1v) is 10.4. The third-order valence-corrected chi connectivity index (χ3v) is 6.75. The Balaban J connectivity index is 1.88. The molecule has 2 aromatic rings. The summed E-state index contributed by atoms with van der Waals surface area (Å²) >= 11 is 2.85. The van der Waals surface area contributed by atoms with Crippen molar-refractivity contribution in [3.8, 4) is 0 Å². The normalized spacial score (nSPS) is 17.5. The van der Waals surface area contributed by atoms with Gasteiger partial charge in [-0.2, -0.15) is 0 Å². The smallest absolute Gasteiger partial charge is 0.316 e. The first kappa shape index (κ1) is 18.5. The van der Waals surface area contributed by atoms with Gasteiger partial charge in [-0.25, -0.2) is 4.98 Å².